The van der Waals surface area contributed by atoms with Gasteiger partial charge in [-0.15, -0.1) is 0 Å². The van der Waals surface area contributed by atoms with Crippen LogP contribution in [0.15, 0.2) is 30.3 Å². The zero-order chi connectivity index (χ0) is 17.0. The van der Waals surface area contributed by atoms with Crippen molar-refractivity contribution in [2.45, 2.75) is 33.6 Å². The van der Waals surface area contributed by atoms with Crippen molar-refractivity contribution < 1.29 is 9.72 Å². The highest BCUT2D eigenvalue weighted by molar-refractivity contribution is 5.92. The number of nitrogens with zero attached hydrogens (tertiary/aromatic N) is 2. The lowest BCUT2D eigenvalue weighted by Crippen LogP contribution is -2.08. The van der Waals surface area contributed by atoms with Gasteiger partial charge in [0.05, 0.1) is 4.92 Å². The molecule has 0 spiro atoms. The second-order valence-electron chi connectivity index (χ2n) is 5.22. The van der Waals surface area contributed by atoms with Crippen LogP contribution in [-0.2, 0) is 17.6 Å². The predicted molar refractivity (Wildman–Crippen MR) is 89.4 cm³/mol. The molecular weight excluding hydrogens is 294 g/mol. The molecule has 1 heterocycles. The van der Waals surface area contributed by atoms with Crippen molar-refractivity contribution >= 4 is 17.3 Å². The Balaban J connectivity index is 2.55. The summed E-state index contributed by atoms with van der Waals surface area (Å²) in [6.07, 6.45) is 1.62. The van der Waals surface area contributed by atoms with Gasteiger partial charge in [-0.1, -0.05) is 13.8 Å². The lowest BCUT2D eigenvalue weighted by molar-refractivity contribution is -0.383. The molecule has 1 N–H and O–H groups in total. The van der Waals surface area contributed by atoms with E-state index in [1.54, 1.807) is 12.1 Å². The van der Waals surface area contributed by atoms with Crippen LogP contribution in [0.2, 0.25) is 0 Å². The van der Waals surface area contributed by atoms with Gasteiger partial charge in [0.1, 0.15) is 5.69 Å². The van der Waals surface area contributed by atoms with E-state index in [0.29, 0.717) is 0 Å². The summed E-state index contributed by atoms with van der Waals surface area (Å²) in [6, 6.07) is 8.68. The Kier molecular flexibility index (Phi) is 5.05. The summed E-state index contributed by atoms with van der Waals surface area (Å²) in [5.41, 5.74) is 3.77. The maximum atomic E-state index is 11.3. The third kappa shape index (κ3) is 3.91. The molecule has 0 fully saturated rings. The molecule has 0 aliphatic heterocycles. The molecule has 2 aromatic rings. The lowest BCUT2D eigenvalue weighted by atomic mass is 10.0. The summed E-state index contributed by atoms with van der Waals surface area (Å²) >= 11 is 0. The fraction of sp³-hybridized carbons (Fsp3) is 0.294. The van der Waals surface area contributed by atoms with Gasteiger partial charge in [-0.3, -0.25) is 19.9 Å². The lowest BCUT2D eigenvalue weighted by Gasteiger charge is -2.10. The first-order valence-corrected chi connectivity index (χ1v) is 7.50. The number of benzene rings is 1. The van der Waals surface area contributed by atoms with Crippen LogP contribution in [0.5, 0.6) is 0 Å². The largest absolute Gasteiger partial charge is 0.321 e. The van der Waals surface area contributed by atoms with E-state index >= 15 is 0 Å². The van der Waals surface area contributed by atoms with E-state index in [0.717, 1.165) is 35.4 Å². The number of nitro benzene ring substituents is 1. The standard InChI is InChI=1S/C17H19N3O3/c1-4-14-8-13(9-15(5-2)19-14)12-6-7-17(20(22)23)16(10-12)18-11(3)21/h6-10H,4-5H2,1-3H3,(H,18,21). The Labute approximate surface area is 134 Å². The number of rotatable bonds is 5. The fourth-order valence-corrected chi connectivity index (χ4v) is 2.34. The van der Waals surface area contributed by atoms with Gasteiger partial charge in [0.2, 0.25) is 5.91 Å². The highest BCUT2D eigenvalue weighted by Gasteiger charge is 2.16. The summed E-state index contributed by atoms with van der Waals surface area (Å²) in [4.78, 5) is 26.4. The molecular formula is C17H19N3O3. The van der Waals surface area contributed by atoms with Crippen LogP contribution in [0.25, 0.3) is 11.1 Å². The Morgan fingerprint density at radius 1 is 1.13 bits per heavy atom. The SMILES string of the molecule is CCc1cc(-c2ccc([N+](=O)[O-])c(NC(C)=O)c2)cc(CC)n1. The number of anilines is 1. The molecule has 0 atom stereocenters. The van der Waals surface area contributed by atoms with E-state index in [1.165, 1.54) is 13.0 Å². The topological polar surface area (TPSA) is 85.1 Å². The van der Waals surface area contributed by atoms with E-state index in [4.69, 9.17) is 0 Å². The summed E-state index contributed by atoms with van der Waals surface area (Å²) in [5, 5.41) is 13.6. The molecule has 6 nitrogen and oxygen atoms in total. The number of carbonyl (C=O) groups excluding carboxylic acids is 1. The van der Waals surface area contributed by atoms with Gasteiger partial charge in [-0.25, -0.2) is 0 Å². The Morgan fingerprint density at radius 2 is 1.74 bits per heavy atom. The van der Waals surface area contributed by atoms with Crippen molar-refractivity contribution in [3.8, 4) is 11.1 Å². The molecule has 2 rings (SSSR count). The normalized spacial score (nSPS) is 10.4. The zero-order valence-electron chi connectivity index (χ0n) is 13.4. The highest BCUT2D eigenvalue weighted by atomic mass is 16.6. The molecule has 0 aliphatic rings. The fourth-order valence-electron chi connectivity index (χ4n) is 2.34. The van der Waals surface area contributed by atoms with Gasteiger partial charge in [0.15, 0.2) is 0 Å². The Hall–Kier alpha value is -2.76. The summed E-state index contributed by atoms with van der Waals surface area (Å²) in [7, 11) is 0. The molecule has 6 heteroatoms. The zero-order valence-corrected chi connectivity index (χ0v) is 13.4. The van der Waals surface area contributed by atoms with Crippen LogP contribution < -0.4 is 5.32 Å². The average Bonchev–Trinajstić information content (AvgIpc) is 2.53. The van der Waals surface area contributed by atoms with Crippen LogP contribution in [0.1, 0.15) is 32.2 Å². The Morgan fingerprint density at radius 3 is 2.22 bits per heavy atom. The minimum Gasteiger partial charge on any atom is -0.321 e. The van der Waals surface area contributed by atoms with E-state index in [1.807, 2.05) is 26.0 Å². The molecule has 1 amide bonds. The summed E-state index contributed by atoms with van der Waals surface area (Å²) in [5.74, 6) is -0.344. The molecule has 0 saturated heterocycles. The van der Waals surface area contributed by atoms with E-state index in [-0.39, 0.29) is 17.3 Å². The summed E-state index contributed by atoms with van der Waals surface area (Å²) in [6.45, 7) is 5.39. The molecule has 0 radical (unpaired) electrons. The molecule has 0 unspecified atom stereocenters. The van der Waals surface area contributed by atoms with Gasteiger partial charge in [-0.05, 0) is 48.2 Å². The van der Waals surface area contributed by atoms with Gasteiger partial charge in [0.25, 0.3) is 5.69 Å². The second-order valence-corrected chi connectivity index (χ2v) is 5.22. The van der Waals surface area contributed by atoms with E-state index in [2.05, 4.69) is 10.3 Å². The van der Waals surface area contributed by atoms with Crippen LogP contribution in [0.3, 0.4) is 0 Å². The van der Waals surface area contributed by atoms with E-state index < -0.39 is 4.92 Å². The maximum absolute atomic E-state index is 11.3. The van der Waals surface area contributed by atoms with Crippen molar-refractivity contribution in [2.24, 2.45) is 0 Å². The first kappa shape index (κ1) is 16.6. The van der Waals surface area contributed by atoms with Gasteiger partial charge in [-0.2, -0.15) is 0 Å². The van der Waals surface area contributed by atoms with Crippen LogP contribution >= 0.6 is 0 Å². The first-order chi connectivity index (χ1) is 10.9. The molecule has 0 bridgehead atoms. The number of hydrogen-bond donors (Lipinski definition) is 1. The van der Waals surface area contributed by atoms with Crippen molar-refractivity contribution in [1.29, 1.82) is 0 Å². The third-order valence-electron chi connectivity index (χ3n) is 3.49. The molecule has 0 saturated carbocycles. The average molecular weight is 313 g/mol. The molecule has 120 valence electrons. The minimum absolute atomic E-state index is 0.121. The van der Waals surface area contributed by atoms with Gasteiger partial charge >= 0.3 is 0 Å². The van der Waals surface area contributed by atoms with Gasteiger partial charge in [0, 0.05) is 24.4 Å². The van der Waals surface area contributed by atoms with Crippen LogP contribution in [0.4, 0.5) is 11.4 Å². The third-order valence-corrected chi connectivity index (χ3v) is 3.49. The van der Waals surface area contributed by atoms with Crippen molar-refractivity contribution in [3.63, 3.8) is 0 Å². The number of hydrogen-bond acceptors (Lipinski definition) is 4. The quantitative estimate of drug-likeness (QED) is 0.673. The molecule has 1 aromatic heterocycles. The minimum atomic E-state index is -0.503. The van der Waals surface area contributed by atoms with Crippen molar-refractivity contribution in [1.82, 2.24) is 4.98 Å². The van der Waals surface area contributed by atoms with E-state index in [9.17, 15) is 14.9 Å². The van der Waals surface area contributed by atoms with Crippen molar-refractivity contribution in [3.05, 3.63) is 51.8 Å². The molecule has 1 aromatic carbocycles. The number of aryl methyl sites for hydroxylation is 2. The number of nitro groups is 1. The maximum Gasteiger partial charge on any atom is 0.292 e. The first-order valence-electron chi connectivity index (χ1n) is 7.50. The predicted octanol–water partition coefficient (Wildman–Crippen LogP) is 3.74. The number of amides is 1. The monoisotopic (exact) mass is 313 g/mol. The number of aromatic nitrogens is 1. The highest BCUT2D eigenvalue weighted by Crippen LogP contribution is 2.31. The smallest absolute Gasteiger partial charge is 0.292 e. The van der Waals surface area contributed by atoms with Crippen molar-refractivity contribution in [2.75, 3.05) is 5.32 Å². The molecule has 0 aliphatic carbocycles. The number of pyridine rings is 1. The number of nitrogens with one attached hydrogen (secondary N) is 1. The second kappa shape index (κ2) is 7.00. The van der Waals surface area contributed by atoms with Crippen LogP contribution in [-0.4, -0.2) is 15.8 Å². The van der Waals surface area contributed by atoms with Crippen LogP contribution in [0, 0.1) is 10.1 Å². The Bertz CT molecular complexity index is 734. The molecule has 23 heavy (non-hydrogen) atoms. The summed E-state index contributed by atoms with van der Waals surface area (Å²) < 4.78 is 0. The number of carbonyl (C=O) groups is 1. The van der Waals surface area contributed by atoms with Gasteiger partial charge < -0.3 is 5.32 Å².